The van der Waals surface area contributed by atoms with Crippen molar-refractivity contribution >= 4 is 11.6 Å². The van der Waals surface area contributed by atoms with Gasteiger partial charge in [-0.15, -0.1) is 0 Å². The minimum absolute atomic E-state index is 0.259. The monoisotopic (exact) mass is 378 g/mol. The number of carbonyl (C=O) groups is 1. The summed E-state index contributed by atoms with van der Waals surface area (Å²) in [5, 5.41) is 0. The number of carbonyl (C=O) groups excluding carboxylic acids is 1. The molecule has 0 N–H and O–H groups in total. The predicted octanol–water partition coefficient (Wildman–Crippen LogP) is 5.39. The van der Waals surface area contributed by atoms with Crippen LogP contribution in [0, 0.1) is 0 Å². The van der Waals surface area contributed by atoms with Crippen LogP contribution in [0.4, 0.5) is 5.69 Å². The van der Waals surface area contributed by atoms with Crippen molar-refractivity contribution in [3.63, 3.8) is 0 Å². The Morgan fingerprint density at radius 1 is 1.04 bits per heavy atom. The van der Waals surface area contributed by atoms with Crippen molar-refractivity contribution in [1.82, 2.24) is 4.90 Å². The predicted molar refractivity (Wildman–Crippen MR) is 118 cm³/mol. The molecule has 0 saturated carbocycles. The topological polar surface area (TPSA) is 23.6 Å². The van der Waals surface area contributed by atoms with Gasteiger partial charge in [0.1, 0.15) is 0 Å². The highest BCUT2D eigenvalue weighted by Crippen LogP contribution is 2.31. The quantitative estimate of drug-likeness (QED) is 0.517. The first kappa shape index (κ1) is 20.6. The van der Waals surface area contributed by atoms with E-state index >= 15 is 0 Å². The van der Waals surface area contributed by atoms with Crippen molar-refractivity contribution in [3.05, 3.63) is 65.2 Å². The first-order chi connectivity index (χ1) is 13.6. The molecule has 3 nitrogen and oxygen atoms in total. The molecule has 1 amide bonds. The van der Waals surface area contributed by atoms with Gasteiger partial charge in [0.2, 0.25) is 5.91 Å². The summed E-state index contributed by atoms with van der Waals surface area (Å²) >= 11 is 0. The molecule has 0 aromatic heterocycles. The van der Waals surface area contributed by atoms with Gasteiger partial charge in [-0.2, -0.15) is 0 Å². The molecule has 2 aromatic rings. The molecule has 3 rings (SSSR count). The molecule has 1 heterocycles. The molecule has 28 heavy (non-hydrogen) atoms. The zero-order valence-electron chi connectivity index (χ0n) is 17.7. The van der Waals surface area contributed by atoms with Crippen molar-refractivity contribution < 1.29 is 4.79 Å². The third-order valence-electron chi connectivity index (χ3n) is 5.76. The fourth-order valence-electron chi connectivity index (χ4n) is 3.98. The SMILES string of the molecule is CCN(CCCCCN1C(=O)Cc2cc(C(C)C)ccc21)Cc1ccccc1. The van der Waals surface area contributed by atoms with Crippen LogP contribution in [0.2, 0.25) is 0 Å². The maximum Gasteiger partial charge on any atom is 0.231 e. The fraction of sp³-hybridized carbons (Fsp3) is 0.480. The van der Waals surface area contributed by atoms with Crippen LogP contribution in [0.15, 0.2) is 48.5 Å². The van der Waals surface area contributed by atoms with Gasteiger partial charge in [0.15, 0.2) is 0 Å². The normalized spacial score (nSPS) is 13.6. The third-order valence-corrected chi connectivity index (χ3v) is 5.76. The van der Waals surface area contributed by atoms with Crippen molar-refractivity contribution in [2.24, 2.45) is 0 Å². The van der Waals surface area contributed by atoms with Gasteiger partial charge >= 0.3 is 0 Å². The largest absolute Gasteiger partial charge is 0.312 e. The van der Waals surface area contributed by atoms with Gasteiger partial charge in [-0.25, -0.2) is 0 Å². The van der Waals surface area contributed by atoms with Crippen LogP contribution in [0.1, 0.15) is 62.6 Å². The summed E-state index contributed by atoms with van der Waals surface area (Å²) in [5.74, 6) is 0.766. The Hall–Kier alpha value is -2.13. The van der Waals surface area contributed by atoms with E-state index in [0.29, 0.717) is 12.3 Å². The first-order valence-corrected chi connectivity index (χ1v) is 10.8. The maximum atomic E-state index is 12.5. The smallest absolute Gasteiger partial charge is 0.231 e. The van der Waals surface area contributed by atoms with E-state index in [4.69, 9.17) is 0 Å². The van der Waals surface area contributed by atoms with Gasteiger partial charge in [0.05, 0.1) is 6.42 Å². The Morgan fingerprint density at radius 3 is 2.54 bits per heavy atom. The number of nitrogens with zero attached hydrogens (tertiary/aromatic N) is 2. The number of amides is 1. The molecule has 0 atom stereocenters. The Kier molecular flexibility index (Phi) is 7.27. The molecule has 0 bridgehead atoms. The Bertz CT molecular complexity index is 769. The van der Waals surface area contributed by atoms with E-state index in [9.17, 15) is 4.79 Å². The standard InChI is InChI=1S/C25H34N2O/c1-4-26(19-21-11-7-5-8-12-21)15-9-6-10-16-27-24-14-13-22(20(2)3)17-23(24)18-25(27)28/h5,7-8,11-14,17,20H,4,6,9-10,15-16,18-19H2,1-3H3. The molecule has 0 unspecified atom stereocenters. The maximum absolute atomic E-state index is 12.5. The highest BCUT2D eigenvalue weighted by atomic mass is 16.2. The van der Waals surface area contributed by atoms with Crippen LogP contribution < -0.4 is 4.90 Å². The first-order valence-electron chi connectivity index (χ1n) is 10.8. The zero-order valence-corrected chi connectivity index (χ0v) is 17.7. The van der Waals surface area contributed by atoms with E-state index in [2.05, 4.69) is 74.2 Å². The fourth-order valence-corrected chi connectivity index (χ4v) is 3.98. The van der Waals surface area contributed by atoms with Gasteiger partial charge in [0, 0.05) is 18.8 Å². The summed E-state index contributed by atoms with van der Waals surface area (Å²) in [6.07, 6.45) is 3.98. The van der Waals surface area contributed by atoms with Crippen LogP contribution in [0.5, 0.6) is 0 Å². The van der Waals surface area contributed by atoms with E-state index in [1.807, 2.05) is 4.90 Å². The number of anilines is 1. The van der Waals surface area contributed by atoms with E-state index < -0.39 is 0 Å². The summed E-state index contributed by atoms with van der Waals surface area (Å²) in [6.45, 7) is 10.7. The molecular weight excluding hydrogens is 344 g/mol. The van der Waals surface area contributed by atoms with Crippen LogP contribution in [-0.2, 0) is 17.8 Å². The summed E-state index contributed by atoms with van der Waals surface area (Å²) in [7, 11) is 0. The van der Waals surface area contributed by atoms with Gasteiger partial charge in [-0.3, -0.25) is 9.69 Å². The van der Waals surface area contributed by atoms with Gasteiger partial charge < -0.3 is 4.90 Å². The molecule has 0 spiro atoms. The number of fused-ring (bicyclic) bond motifs is 1. The van der Waals surface area contributed by atoms with Crippen LogP contribution in [0.3, 0.4) is 0 Å². The highest BCUT2D eigenvalue weighted by Gasteiger charge is 2.26. The molecular formula is C25H34N2O. The molecule has 0 saturated heterocycles. The number of benzene rings is 2. The lowest BCUT2D eigenvalue weighted by molar-refractivity contribution is -0.117. The third kappa shape index (κ3) is 5.23. The Balaban J connectivity index is 1.44. The average Bonchev–Trinajstić information content (AvgIpc) is 3.02. The Labute approximate surface area is 170 Å². The van der Waals surface area contributed by atoms with Gasteiger partial charge in [-0.05, 0) is 54.6 Å². The van der Waals surface area contributed by atoms with Crippen LogP contribution >= 0.6 is 0 Å². The van der Waals surface area contributed by atoms with Crippen molar-refractivity contribution in [2.45, 2.75) is 58.9 Å². The van der Waals surface area contributed by atoms with E-state index in [-0.39, 0.29) is 5.91 Å². The van der Waals surface area contributed by atoms with Crippen LogP contribution in [0.25, 0.3) is 0 Å². The molecule has 1 aliphatic rings. The summed E-state index contributed by atoms with van der Waals surface area (Å²) in [6, 6.07) is 17.2. The van der Waals surface area contributed by atoms with Crippen molar-refractivity contribution in [1.29, 1.82) is 0 Å². The molecule has 150 valence electrons. The lowest BCUT2D eigenvalue weighted by Gasteiger charge is -2.21. The Morgan fingerprint density at radius 2 is 1.82 bits per heavy atom. The van der Waals surface area contributed by atoms with E-state index in [1.54, 1.807) is 0 Å². The summed E-state index contributed by atoms with van der Waals surface area (Å²) < 4.78 is 0. The lowest BCUT2D eigenvalue weighted by Crippen LogP contribution is -2.28. The second-order valence-corrected chi connectivity index (χ2v) is 8.18. The van der Waals surface area contributed by atoms with E-state index in [0.717, 1.165) is 44.7 Å². The van der Waals surface area contributed by atoms with Gasteiger partial charge in [0.25, 0.3) is 0 Å². The minimum Gasteiger partial charge on any atom is -0.312 e. The molecule has 2 aromatic carbocycles. The number of hydrogen-bond donors (Lipinski definition) is 0. The number of rotatable bonds is 10. The van der Waals surface area contributed by atoms with Crippen molar-refractivity contribution in [3.8, 4) is 0 Å². The zero-order chi connectivity index (χ0) is 19.9. The van der Waals surface area contributed by atoms with Crippen LogP contribution in [-0.4, -0.2) is 30.4 Å². The lowest BCUT2D eigenvalue weighted by atomic mass is 10.00. The molecule has 0 fully saturated rings. The summed E-state index contributed by atoms with van der Waals surface area (Å²) in [4.78, 5) is 17.0. The molecule has 1 aliphatic heterocycles. The number of hydrogen-bond acceptors (Lipinski definition) is 2. The number of unbranched alkanes of at least 4 members (excludes halogenated alkanes) is 2. The van der Waals surface area contributed by atoms with Gasteiger partial charge in [-0.1, -0.05) is 69.7 Å². The second-order valence-electron chi connectivity index (χ2n) is 8.18. The molecule has 0 aliphatic carbocycles. The van der Waals surface area contributed by atoms with Crippen molar-refractivity contribution in [2.75, 3.05) is 24.5 Å². The molecule has 3 heteroatoms. The molecule has 0 radical (unpaired) electrons. The van der Waals surface area contributed by atoms with E-state index in [1.165, 1.54) is 23.1 Å². The summed E-state index contributed by atoms with van der Waals surface area (Å²) in [5.41, 5.74) is 5.04. The second kappa shape index (κ2) is 9.88. The average molecular weight is 379 g/mol. The minimum atomic E-state index is 0.259. The highest BCUT2D eigenvalue weighted by molar-refractivity contribution is 6.01.